The van der Waals surface area contributed by atoms with Crippen LogP contribution in [0.3, 0.4) is 0 Å². The maximum absolute atomic E-state index is 14.7. The summed E-state index contributed by atoms with van der Waals surface area (Å²) in [4.78, 5) is 30.9. The van der Waals surface area contributed by atoms with Crippen molar-refractivity contribution in [3.8, 4) is 0 Å². The molecule has 0 radical (unpaired) electrons. The van der Waals surface area contributed by atoms with Gasteiger partial charge in [0.25, 0.3) is 5.91 Å². The SMILES string of the molecule is CN(Cc1ccccc1)c1cc(C2CCCN(CC(=O)N3CCOCC3)C2C(F)(F)F)nn1C(=O)c1ccccc1F. The molecule has 2 aliphatic rings. The van der Waals surface area contributed by atoms with Gasteiger partial charge in [-0.2, -0.15) is 23.0 Å². The summed E-state index contributed by atoms with van der Waals surface area (Å²) in [5.74, 6) is -2.81. The predicted molar refractivity (Wildman–Crippen MR) is 148 cm³/mol. The van der Waals surface area contributed by atoms with Gasteiger partial charge in [-0.3, -0.25) is 14.5 Å². The second-order valence-electron chi connectivity index (χ2n) is 10.7. The Bertz CT molecular complexity index is 1390. The summed E-state index contributed by atoms with van der Waals surface area (Å²) in [5, 5.41) is 4.40. The number of ether oxygens (including phenoxy) is 1. The maximum atomic E-state index is 14.7. The topological polar surface area (TPSA) is 70.9 Å². The number of halogens is 4. The van der Waals surface area contributed by atoms with Crippen LogP contribution in [0, 0.1) is 5.82 Å². The number of hydrogen-bond donors (Lipinski definition) is 0. The molecule has 224 valence electrons. The van der Waals surface area contributed by atoms with Crippen LogP contribution in [0.5, 0.6) is 0 Å². The number of aromatic nitrogens is 2. The van der Waals surface area contributed by atoms with E-state index in [-0.39, 0.29) is 42.5 Å². The zero-order chi connectivity index (χ0) is 29.9. The van der Waals surface area contributed by atoms with Crippen molar-refractivity contribution in [1.29, 1.82) is 0 Å². The second-order valence-corrected chi connectivity index (χ2v) is 10.7. The molecule has 0 spiro atoms. The Labute approximate surface area is 241 Å². The molecule has 2 saturated heterocycles. The van der Waals surface area contributed by atoms with Crippen molar-refractivity contribution < 1.29 is 31.9 Å². The molecule has 2 aliphatic heterocycles. The van der Waals surface area contributed by atoms with E-state index in [9.17, 15) is 27.2 Å². The van der Waals surface area contributed by atoms with E-state index in [1.165, 1.54) is 34.1 Å². The summed E-state index contributed by atoms with van der Waals surface area (Å²) in [6.07, 6.45) is -4.08. The van der Waals surface area contributed by atoms with Gasteiger partial charge >= 0.3 is 6.18 Å². The molecule has 1 amide bonds. The van der Waals surface area contributed by atoms with E-state index in [1.54, 1.807) is 11.9 Å². The van der Waals surface area contributed by atoms with Gasteiger partial charge in [0.15, 0.2) is 0 Å². The van der Waals surface area contributed by atoms with E-state index in [0.29, 0.717) is 39.3 Å². The van der Waals surface area contributed by atoms with Gasteiger partial charge in [-0.25, -0.2) is 4.39 Å². The highest BCUT2D eigenvalue weighted by atomic mass is 19.4. The summed E-state index contributed by atoms with van der Waals surface area (Å²) in [6.45, 7) is 1.44. The van der Waals surface area contributed by atoms with Crippen LogP contribution >= 0.6 is 0 Å². The third-order valence-electron chi connectivity index (χ3n) is 7.81. The molecule has 2 unspecified atom stereocenters. The molecule has 3 aromatic rings. The fourth-order valence-corrected chi connectivity index (χ4v) is 5.75. The van der Waals surface area contributed by atoms with Gasteiger partial charge in [-0.05, 0) is 37.1 Å². The summed E-state index contributed by atoms with van der Waals surface area (Å²) in [7, 11) is 1.70. The van der Waals surface area contributed by atoms with Crippen molar-refractivity contribution >= 4 is 17.6 Å². The van der Waals surface area contributed by atoms with Crippen LogP contribution in [0.1, 0.15) is 40.4 Å². The van der Waals surface area contributed by atoms with Gasteiger partial charge in [-0.15, -0.1) is 0 Å². The number of morpholine rings is 1. The van der Waals surface area contributed by atoms with Crippen LogP contribution in [0.4, 0.5) is 23.4 Å². The van der Waals surface area contributed by atoms with Crippen LogP contribution in [0.15, 0.2) is 60.7 Å². The van der Waals surface area contributed by atoms with Gasteiger partial charge < -0.3 is 14.5 Å². The number of hydrogen-bond acceptors (Lipinski definition) is 6. The van der Waals surface area contributed by atoms with Crippen molar-refractivity contribution in [2.24, 2.45) is 0 Å². The van der Waals surface area contributed by atoms with E-state index < -0.39 is 29.9 Å². The Hall–Kier alpha value is -3.77. The van der Waals surface area contributed by atoms with Crippen LogP contribution < -0.4 is 4.90 Å². The van der Waals surface area contributed by atoms with Crippen LogP contribution in [0.2, 0.25) is 0 Å². The van der Waals surface area contributed by atoms with E-state index in [1.807, 2.05) is 30.3 Å². The lowest BCUT2D eigenvalue weighted by Gasteiger charge is -2.42. The molecular weight excluding hydrogens is 554 g/mol. The fourth-order valence-electron chi connectivity index (χ4n) is 5.75. The average molecular weight is 588 g/mol. The number of likely N-dealkylation sites (tertiary alicyclic amines) is 1. The lowest BCUT2D eigenvalue weighted by atomic mass is 9.86. The number of anilines is 1. The predicted octanol–water partition coefficient (Wildman–Crippen LogP) is 4.32. The molecule has 2 fully saturated rings. The minimum atomic E-state index is -4.66. The van der Waals surface area contributed by atoms with Gasteiger partial charge in [-0.1, -0.05) is 42.5 Å². The monoisotopic (exact) mass is 587 g/mol. The maximum Gasteiger partial charge on any atom is 0.404 e. The van der Waals surface area contributed by atoms with E-state index in [0.717, 1.165) is 16.3 Å². The third-order valence-corrected chi connectivity index (χ3v) is 7.81. The van der Waals surface area contributed by atoms with Gasteiger partial charge in [0.05, 0.1) is 31.0 Å². The quantitative estimate of drug-likeness (QED) is 0.384. The molecular formula is C30H33F4N5O3. The summed E-state index contributed by atoms with van der Waals surface area (Å²) < 4.78 is 65.0. The Morgan fingerprint density at radius 1 is 1.02 bits per heavy atom. The molecule has 0 saturated carbocycles. The number of piperidine rings is 1. The highest BCUT2D eigenvalue weighted by Crippen LogP contribution is 2.42. The number of carbonyl (C=O) groups excluding carboxylic acids is 2. The summed E-state index contributed by atoms with van der Waals surface area (Å²) in [5.41, 5.74) is 0.738. The zero-order valence-corrected chi connectivity index (χ0v) is 23.3. The largest absolute Gasteiger partial charge is 0.404 e. The first kappa shape index (κ1) is 29.7. The summed E-state index contributed by atoms with van der Waals surface area (Å²) >= 11 is 0. The van der Waals surface area contributed by atoms with E-state index in [2.05, 4.69) is 5.10 Å². The molecule has 3 heterocycles. The number of benzene rings is 2. The first-order valence-electron chi connectivity index (χ1n) is 13.9. The van der Waals surface area contributed by atoms with Crippen LogP contribution in [0.25, 0.3) is 0 Å². The molecule has 0 aliphatic carbocycles. The lowest BCUT2D eigenvalue weighted by Crippen LogP contribution is -2.56. The number of amides is 1. The third kappa shape index (κ3) is 6.49. The second kappa shape index (κ2) is 12.6. The molecule has 2 aromatic carbocycles. The number of rotatable bonds is 7. The molecule has 8 nitrogen and oxygen atoms in total. The average Bonchev–Trinajstić information content (AvgIpc) is 3.43. The molecule has 12 heteroatoms. The highest BCUT2D eigenvalue weighted by molar-refractivity contribution is 5.97. The number of alkyl halides is 3. The van der Waals surface area contributed by atoms with Crippen molar-refractivity contribution in [1.82, 2.24) is 19.6 Å². The van der Waals surface area contributed by atoms with Gasteiger partial charge in [0.2, 0.25) is 5.91 Å². The molecule has 0 bridgehead atoms. The Morgan fingerprint density at radius 2 is 1.71 bits per heavy atom. The zero-order valence-electron chi connectivity index (χ0n) is 23.3. The van der Waals surface area contributed by atoms with Gasteiger partial charge in [0.1, 0.15) is 17.7 Å². The van der Waals surface area contributed by atoms with Gasteiger partial charge in [0, 0.05) is 38.7 Å². The van der Waals surface area contributed by atoms with Crippen molar-refractivity contribution in [3.63, 3.8) is 0 Å². The molecule has 0 N–H and O–H groups in total. The van der Waals surface area contributed by atoms with Crippen molar-refractivity contribution in [2.45, 2.75) is 37.5 Å². The van der Waals surface area contributed by atoms with E-state index >= 15 is 0 Å². The normalized spacial score (nSPS) is 20.0. The van der Waals surface area contributed by atoms with Crippen molar-refractivity contribution in [3.05, 3.63) is 83.3 Å². The minimum absolute atomic E-state index is 0.0699. The molecule has 2 atom stereocenters. The van der Waals surface area contributed by atoms with Crippen LogP contribution in [-0.2, 0) is 16.1 Å². The smallest absolute Gasteiger partial charge is 0.378 e. The minimum Gasteiger partial charge on any atom is -0.378 e. The lowest BCUT2D eigenvalue weighted by molar-refractivity contribution is -0.198. The Balaban J connectivity index is 1.50. The Morgan fingerprint density at radius 3 is 2.40 bits per heavy atom. The van der Waals surface area contributed by atoms with E-state index in [4.69, 9.17) is 4.74 Å². The highest BCUT2D eigenvalue weighted by Gasteiger charge is 2.51. The van der Waals surface area contributed by atoms with Crippen molar-refractivity contribution in [2.75, 3.05) is 51.3 Å². The molecule has 42 heavy (non-hydrogen) atoms. The molecule has 5 rings (SSSR count). The van der Waals surface area contributed by atoms with Crippen LogP contribution in [-0.4, -0.2) is 90.1 Å². The standard InChI is InChI=1S/C30H33F4N5O3/c1-36(19-21-8-3-2-4-9-21)26-18-25(35-39(26)29(41)22-10-5-6-12-24(22)31)23-11-7-13-38(28(23)30(32,33)34)20-27(40)37-14-16-42-17-15-37/h2-6,8-10,12,18,23,28H,7,11,13-17,19-20H2,1H3. The fraction of sp³-hybridized carbons (Fsp3) is 0.433. The molecule has 1 aromatic heterocycles. The summed E-state index contributed by atoms with van der Waals surface area (Å²) in [6, 6.07) is 14.3. The Kier molecular flexibility index (Phi) is 8.93. The number of nitrogens with zero attached hydrogens (tertiary/aromatic N) is 5. The first-order valence-corrected chi connectivity index (χ1v) is 13.9. The number of carbonyl (C=O) groups is 2. The first-order chi connectivity index (χ1) is 20.1.